The molecule has 0 saturated heterocycles. The molecular formula is C15H16F3N3O3S. The molecular weight excluding hydrogens is 359 g/mol. The summed E-state index contributed by atoms with van der Waals surface area (Å²) in [4.78, 5) is 27.3. The lowest BCUT2D eigenvalue weighted by molar-refractivity contribution is -0.274. The van der Waals surface area contributed by atoms with Gasteiger partial charge in [-0.15, -0.1) is 13.2 Å². The number of hydrogen-bond donors (Lipinski definition) is 2. The van der Waals surface area contributed by atoms with Crippen LogP contribution in [-0.2, 0) is 9.59 Å². The van der Waals surface area contributed by atoms with Crippen LogP contribution in [0.3, 0.4) is 0 Å². The van der Waals surface area contributed by atoms with E-state index in [4.69, 9.17) is 0 Å². The normalized spacial score (nSPS) is 11.4. The first-order valence-electron chi connectivity index (χ1n) is 7.49. The lowest BCUT2D eigenvalue weighted by Gasteiger charge is -2.07. The highest BCUT2D eigenvalue weighted by Gasteiger charge is 2.31. The van der Waals surface area contributed by atoms with Crippen molar-refractivity contribution in [3.63, 3.8) is 0 Å². The SMILES string of the molecule is CCCCC(=O)NCC(=O)Nc1nc2ccc(OC(F)(F)F)cc2s1. The highest BCUT2D eigenvalue weighted by molar-refractivity contribution is 7.22. The fraction of sp³-hybridized carbons (Fsp3) is 0.400. The summed E-state index contributed by atoms with van der Waals surface area (Å²) >= 11 is 1.01. The van der Waals surface area contributed by atoms with Crippen LogP contribution in [0, 0.1) is 0 Å². The van der Waals surface area contributed by atoms with Gasteiger partial charge in [0.2, 0.25) is 11.8 Å². The molecule has 1 heterocycles. The molecule has 136 valence electrons. The van der Waals surface area contributed by atoms with Crippen LogP contribution < -0.4 is 15.4 Å². The van der Waals surface area contributed by atoms with E-state index in [1.807, 2.05) is 6.92 Å². The second-order valence-corrected chi connectivity index (χ2v) is 6.16. The Balaban J connectivity index is 1.95. The van der Waals surface area contributed by atoms with E-state index in [-0.39, 0.29) is 23.3 Å². The lowest BCUT2D eigenvalue weighted by Crippen LogP contribution is -2.32. The predicted molar refractivity (Wildman–Crippen MR) is 87.5 cm³/mol. The second-order valence-electron chi connectivity index (χ2n) is 5.12. The van der Waals surface area contributed by atoms with Crippen molar-refractivity contribution >= 4 is 38.5 Å². The van der Waals surface area contributed by atoms with Gasteiger partial charge in [0, 0.05) is 12.5 Å². The summed E-state index contributed by atoms with van der Waals surface area (Å²) in [6.07, 6.45) is -2.79. The lowest BCUT2D eigenvalue weighted by atomic mass is 10.2. The topological polar surface area (TPSA) is 80.3 Å². The van der Waals surface area contributed by atoms with Gasteiger partial charge < -0.3 is 15.4 Å². The number of amides is 2. The number of unbranched alkanes of at least 4 members (excludes halogenated alkanes) is 1. The van der Waals surface area contributed by atoms with Crippen molar-refractivity contribution in [1.82, 2.24) is 10.3 Å². The van der Waals surface area contributed by atoms with E-state index in [1.54, 1.807) is 0 Å². The molecule has 0 fully saturated rings. The fourth-order valence-corrected chi connectivity index (χ4v) is 2.83. The smallest absolute Gasteiger partial charge is 0.406 e. The second kappa shape index (κ2) is 8.15. The summed E-state index contributed by atoms with van der Waals surface area (Å²) in [5.41, 5.74) is 0.432. The zero-order valence-corrected chi connectivity index (χ0v) is 14.1. The van der Waals surface area contributed by atoms with E-state index in [9.17, 15) is 22.8 Å². The molecule has 2 N–H and O–H groups in total. The van der Waals surface area contributed by atoms with Gasteiger partial charge in [-0.2, -0.15) is 0 Å². The predicted octanol–water partition coefficient (Wildman–Crippen LogP) is 3.44. The highest BCUT2D eigenvalue weighted by Crippen LogP contribution is 2.31. The number of ether oxygens (including phenoxy) is 1. The molecule has 0 unspecified atom stereocenters. The molecule has 0 spiro atoms. The molecule has 0 bridgehead atoms. The minimum atomic E-state index is -4.77. The summed E-state index contributed by atoms with van der Waals surface area (Å²) < 4.78 is 40.9. The Kier molecular flexibility index (Phi) is 6.18. The molecule has 1 aromatic carbocycles. The van der Waals surface area contributed by atoms with E-state index >= 15 is 0 Å². The van der Waals surface area contributed by atoms with E-state index in [0.717, 1.165) is 30.2 Å². The third-order valence-corrected chi connectivity index (χ3v) is 3.98. The van der Waals surface area contributed by atoms with E-state index in [1.165, 1.54) is 12.1 Å². The maximum absolute atomic E-state index is 12.2. The van der Waals surface area contributed by atoms with Crippen molar-refractivity contribution in [3.05, 3.63) is 18.2 Å². The number of hydrogen-bond acceptors (Lipinski definition) is 5. The number of nitrogens with zero attached hydrogens (tertiary/aromatic N) is 1. The summed E-state index contributed by atoms with van der Waals surface area (Å²) in [5, 5.41) is 5.22. The van der Waals surface area contributed by atoms with Crippen LogP contribution in [0.25, 0.3) is 10.2 Å². The monoisotopic (exact) mass is 375 g/mol. The quantitative estimate of drug-likeness (QED) is 0.777. The van der Waals surface area contributed by atoms with Crippen molar-refractivity contribution in [1.29, 1.82) is 0 Å². The highest BCUT2D eigenvalue weighted by atomic mass is 32.1. The van der Waals surface area contributed by atoms with Gasteiger partial charge in [-0.3, -0.25) is 9.59 Å². The number of benzene rings is 1. The van der Waals surface area contributed by atoms with Crippen molar-refractivity contribution in [2.24, 2.45) is 0 Å². The number of carbonyl (C=O) groups is 2. The third kappa shape index (κ3) is 6.22. The van der Waals surface area contributed by atoms with Gasteiger partial charge in [-0.25, -0.2) is 4.98 Å². The number of halogens is 3. The maximum atomic E-state index is 12.2. The van der Waals surface area contributed by atoms with Gasteiger partial charge in [0.05, 0.1) is 16.8 Å². The van der Waals surface area contributed by atoms with Crippen LogP contribution in [-0.4, -0.2) is 29.7 Å². The average molecular weight is 375 g/mol. The molecule has 0 radical (unpaired) electrons. The van der Waals surface area contributed by atoms with Crippen LogP contribution in [0.5, 0.6) is 5.75 Å². The number of nitrogens with one attached hydrogen (secondary N) is 2. The van der Waals surface area contributed by atoms with Gasteiger partial charge in [0.25, 0.3) is 0 Å². The van der Waals surface area contributed by atoms with Crippen LogP contribution in [0.2, 0.25) is 0 Å². The molecule has 25 heavy (non-hydrogen) atoms. The fourth-order valence-electron chi connectivity index (χ4n) is 1.92. The summed E-state index contributed by atoms with van der Waals surface area (Å²) in [7, 11) is 0. The van der Waals surface area contributed by atoms with Crippen molar-refractivity contribution < 1.29 is 27.5 Å². The molecule has 2 aromatic rings. The molecule has 0 atom stereocenters. The number of alkyl halides is 3. The Morgan fingerprint density at radius 1 is 1.28 bits per heavy atom. The van der Waals surface area contributed by atoms with Crippen molar-refractivity contribution in [2.75, 3.05) is 11.9 Å². The Bertz CT molecular complexity index is 761. The Hall–Kier alpha value is -2.36. The number of anilines is 1. The third-order valence-electron chi connectivity index (χ3n) is 3.04. The molecule has 0 saturated carbocycles. The number of rotatable bonds is 7. The summed E-state index contributed by atoms with van der Waals surface area (Å²) in [6, 6.07) is 3.72. The molecule has 6 nitrogen and oxygen atoms in total. The van der Waals surface area contributed by atoms with E-state index in [2.05, 4.69) is 20.4 Å². The van der Waals surface area contributed by atoms with Gasteiger partial charge in [0.15, 0.2) is 5.13 Å². The van der Waals surface area contributed by atoms with Gasteiger partial charge in [0.1, 0.15) is 5.75 Å². The zero-order chi connectivity index (χ0) is 18.4. The van der Waals surface area contributed by atoms with Crippen LogP contribution >= 0.6 is 11.3 Å². The first-order chi connectivity index (χ1) is 11.8. The molecule has 2 amide bonds. The Morgan fingerprint density at radius 3 is 2.72 bits per heavy atom. The number of fused-ring (bicyclic) bond motifs is 1. The standard InChI is InChI=1S/C15H16F3N3O3S/c1-2-3-4-12(22)19-8-13(23)21-14-20-10-6-5-9(7-11(10)25-14)24-15(16,17)18/h5-7H,2-4,8H2,1H3,(H,19,22)(H,20,21,23). The van der Waals surface area contributed by atoms with Crippen molar-refractivity contribution in [2.45, 2.75) is 32.5 Å². The minimum Gasteiger partial charge on any atom is -0.406 e. The summed E-state index contributed by atoms with van der Waals surface area (Å²) in [6.45, 7) is 1.76. The van der Waals surface area contributed by atoms with Crippen molar-refractivity contribution in [3.8, 4) is 5.75 Å². The molecule has 2 rings (SSSR count). The number of thiazole rings is 1. The van der Waals surface area contributed by atoms with E-state index in [0.29, 0.717) is 16.6 Å². The van der Waals surface area contributed by atoms with Gasteiger partial charge in [-0.1, -0.05) is 24.7 Å². The Labute approximate surface area is 145 Å². The first kappa shape index (κ1) is 19.0. The maximum Gasteiger partial charge on any atom is 0.573 e. The zero-order valence-electron chi connectivity index (χ0n) is 13.3. The average Bonchev–Trinajstić information content (AvgIpc) is 2.90. The van der Waals surface area contributed by atoms with Crippen LogP contribution in [0.4, 0.5) is 18.3 Å². The molecule has 1 aromatic heterocycles. The van der Waals surface area contributed by atoms with Crippen LogP contribution in [0.1, 0.15) is 26.2 Å². The van der Waals surface area contributed by atoms with Crippen LogP contribution in [0.15, 0.2) is 18.2 Å². The molecule has 10 heteroatoms. The Morgan fingerprint density at radius 2 is 2.04 bits per heavy atom. The molecule has 0 aliphatic carbocycles. The minimum absolute atomic E-state index is 0.194. The molecule has 0 aliphatic rings. The van der Waals surface area contributed by atoms with Gasteiger partial charge in [-0.05, 0) is 18.6 Å². The number of carbonyl (C=O) groups excluding carboxylic acids is 2. The summed E-state index contributed by atoms with van der Waals surface area (Å²) in [5.74, 6) is -1.03. The van der Waals surface area contributed by atoms with Gasteiger partial charge >= 0.3 is 6.36 Å². The largest absolute Gasteiger partial charge is 0.573 e. The van der Waals surface area contributed by atoms with E-state index < -0.39 is 12.3 Å². The first-order valence-corrected chi connectivity index (χ1v) is 8.31. The molecule has 0 aliphatic heterocycles. The number of aromatic nitrogens is 1.